The summed E-state index contributed by atoms with van der Waals surface area (Å²) in [5.74, 6) is -0.956. The number of benzene rings is 1. The van der Waals surface area contributed by atoms with Crippen LogP contribution in [0, 0.1) is 5.82 Å². The smallest absolute Gasteiger partial charge is 0.243 e. The first-order valence-electron chi connectivity index (χ1n) is 5.46. The molecular weight excluding hydrogens is 281 g/mol. The summed E-state index contributed by atoms with van der Waals surface area (Å²) in [4.78, 5) is -0.466. The molecule has 18 heavy (non-hydrogen) atoms. The van der Waals surface area contributed by atoms with Gasteiger partial charge in [-0.05, 0) is 31.9 Å². The van der Waals surface area contributed by atoms with Crippen LogP contribution in [-0.2, 0) is 10.0 Å². The molecule has 4 nitrogen and oxygen atoms in total. The number of aliphatic hydroxyl groups excluding tert-OH is 1. The minimum absolute atomic E-state index is 0.138. The van der Waals surface area contributed by atoms with Gasteiger partial charge in [-0.2, -0.15) is 0 Å². The second-order valence-electron chi connectivity index (χ2n) is 3.94. The lowest BCUT2D eigenvalue weighted by Gasteiger charge is -2.09. The van der Waals surface area contributed by atoms with Crippen LogP contribution in [0.5, 0.6) is 0 Å². The van der Waals surface area contributed by atoms with E-state index in [9.17, 15) is 12.8 Å². The highest BCUT2D eigenvalue weighted by molar-refractivity contribution is 7.89. The van der Waals surface area contributed by atoms with Gasteiger partial charge in [0.25, 0.3) is 0 Å². The Hall–Kier alpha value is -0.690. The molecule has 0 heterocycles. The SMILES string of the molecule is CC(O)CCCNS(=O)(=O)c1cccc(Cl)c1F. The maximum Gasteiger partial charge on any atom is 0.243 e. The Balaban J connectivity index is 2.72. The van der Waals surface area contributed by atoms with Crippen molar-refractivity contribution in [2.45, 2.75) is 30.8 Å². The molecule has 1 aromatic rings. The summed E-state index contributed by atoms with van der Waals surface area (Å²) in [6, 6.07) is 3.80. The Morgan fingerprint density at radius 1 is 1.50 bits per heavy atom. The van der Waals surface area contributed by atoms with Gasteiger partial charge in [0.1, 0.15) is 4.90 Å². The Labute approximate surface area is 111 Å². The van der Waals surface area contributed by atoms with Crippen molar-refractivity contribution in [3.05, 3.63) is 29.0 Å². The van der Waals surface area contributed by atoms with Crippen LogP contribution in [0.1, 0.15) is 19.8 Å². The van der Waals surface area contributed by atoms with Gasteiger partial charge in [-0.25, -0.2) is 17.5 Å². The Morgan fingerprint density at radius 2 is 2.17 bits per heavy atom. The Kier molecular flexibility index (Phi) is 5.52. The number of nitrogens with one attached hydrogen (secondary N) is 1. The molecule has 1 aromatic carbocycles. The van der Waals surface area contributed by atoms with Gasteiger partial charge in [-0.1, -0.05) is 17.7 Å². The van der Waals surface area contributed by atoms with Crippen molar-refractivity contribution in [1.82, 2.24) is 4.72 Å². The summed E-state index contributed by atoms with van der Waals surface area (Å²) in [5.41, 5.74) is 0. The minimum Gasteiger partial charge on any atom is -0.393 e. The summed E-state index contributed by atoms with van der Waals surface area (Å²) < 4.78 is 39.4. The van der Waals surface area contributed by atoms with Crippen LogP contribution < -0.4 is 4.72 Å². The Morgan fingerprint density at radius 3 is 2.78 bits per heavy atom. The van der Waals surface area contributed by atoms with E-state index in [1.807, 2.05) is 0 Å². The maximum absolute atomic E-state index is 13.5. The van der Waals surface area contributed by atoms with E-state index in [0.29, 0.717) is 12.8 Å². The van der Waals surface area contributed by atoms with Gasteiger partial charge in [0.2, 0.25) is 10.0 Å². The fourth-order valence-corrected chi connectivity index (χ4v) is 2.78. The van der Waals surface area contributed by atoms with Gasteiger partial charge in [0, 0.05) is 6.54 Å². The molecule has 7 heteroatoms. The van der Waals surface area contributed by atoms with Crippen molar-refractivity contribution >= 4 is 21.6 Å². The Bertz CT molecular complexity index is 505. The highest BCUT2D eigenvalue weighted by atomic mass is 35.5. The third kappa shape index (κ3) is 4.20. The molecule has 0 aliphatic carbocycles. The number of hydrogen-bond acceptors (Lipinski definition) is 3. The van der Waals surface area contributed by atoms with E-state index < -0.39 is 26.8 Å². The summed E-state index contributed by atoms with van der Waals surface area (Å²) in [5, 5.41) is 8.79. The minimum atomic E-state index is -3.90. The van der Waals surface area contributed by atoms with Crippen molar-refractivity contribution < 1.29 is 17.9 Å². The number of hydrogen-bond donors (Lipinski definition) is 2. The van der Waals surface area contributed by atoms with Crippen molar-refractivity contribution in [1.29, 1.82) is 0 Å². The normalized spacial score (nSPS) is 13.6. The molecule has 0 saturated heterocycles. The molecule has 102 valence electrons. The molecule has 0 spiro atoms. The molecule has 0 saturated carbocycles. The summed E-state index contributed by atoms with van der Waals surface area (Å²) in [6.45, 7) is 1.75. The quantitative estimate of drug-likeness (QED) is 0.788. The van der Waals surface area contributed by atoms with Crippen LogP contribution in [0.15, 0.2) is 23.1 Å². The van der Waals surface area contributed by atoms with Crippen LogP contribution in [0.4, 0.5) is 4.39 Å². The molecular formula is C11H15ClFNO3S. The molecule has 0 radical (unpaired) electrons. The monoisotopic (exact) mass is 295 g/mol. The standard InChI is InChI=1S/C11H15ClFNO3S/c1-8(15)4-3-7-14-18(16,17)10-6-2-5-9(12)11(10)13/h2,5-6,8,14-15H,3-4,7H2,1H3. The van der Waals surface area contributed by atoms with Gasteiger partial charge in [0.15, 0.2) is 5.82 Å². The first-order valence-corrected chi connectivity index (χ1v) is 7.32. The van der Waals surface area contributed by atoms with E-state index in [2.05, 4.69) is 4.72 Å². The topological polar surface area (TPSA) is 66.4 Å². The zero-order chi connectivity index (χ0) is 13.8. The van der Waals surface area contributed by atoms with Crippen molar-refractivity contribution in [3.63, 3.8) is 0 Å². The molecule has 1 rings (SSSR count). The first-order chi connectivity index (χ1) is 8.34. The number of rotatable bonds is 6. The van der Waals surface area contributed by atoms with E-state index in [1.165, 1.54) is 12.1 Å². The third-order valence-corrected chi connectivity index (χ3v) is 4.07. The predicted octanol–water partition coefficient (Wildman–Crippen LogP) is 1.92. The van der Waals surface area contributed by atoms with E-state index in [4.69, 9.17) is 16.7 Å². The van der Waals surface area contributed by atoms with E-state index in [0.717, 1.165) is 6.07 Å². The van der Waals surface area contributed by atoms with Crippen LogP contribution in [0.3, 0.4) is 0 Å². The second kappa shape index (κ2) is 6.47. The summed E-state index contributed by atoms with van der Waals surface area (Å²) >= 11 is 5.52. The maximum atomic E-state index is 13.5. The highest BCUT2D eigenvalue weighted by Crippen LogP contribution is 2.21. The number of halogens is 2. The van der Waals surface area contributed by atoms with Crippen molar-refractivity contribution in [3.8, 4) is 0 Å². The first kappa shape index (κ1) is 15.4. The molecule has 0 aromatic heterocycles. The van der Waals surface area contributed by atoms with E-state index >= 15 is 0 Å². The molecule has 0 aliphatic rings. The van der Waals surface area contributed by atoms with Crippen LogP contribution >= 0.6 is 11.6 Å². The molecule has 0 aliphatic heterocycles. The third-order valence-electron chi connectivity index (χ3n) is 2.30. The molecule has 0 fully saturated rings. The molecule has 0 bridgehead atoms. The van der Waals surface area contributed by atoms with Gasteiger partial charge in [0.05, 0.1) is 11.1 Å². The predicted molar refractivity (Wildman–Crippen MR) is 67.5 cm³/mol. The largest absolute Gasteiger partial charge is 0.393 e. The molecule has 0 amide bonds. The van der Waals surface area contributed by atoms with Crippen molar-refractivity contribution in [2.24, 2.45) is 0 Å². The van der Waals surface area contributed by atoms with Crippen LogP contribution in [0.25, 0.3) is 0 Å². The lowest BCUT2D eigenvalue weighted by Crippen LogP contribution is -2.26. The average molecular weight is 296 g/mol. The van der Waals surface area contributed by atoms with Crippen LogP contribution in [-0.4, -0.2) is 26.2 Å². The van der Waals surface area contributed by atoms with E-state index in [-0.39, 0.29) is 11.6 Å². The fourth-order valence-electron chi connectivity index (χ4n) is 1.37. The zero-order valence-corrected chi connectivity index (χ0v) is 11.4. The molecule has 1 atom stereocenters. The van der Waals surface area contributed by atoms with Crippen molar-refractivity contribution in [2.75, 3.05) is 6.54 Å². The highest BCUT2D eigenvalue weighted by Gasteiger charge is 2.19. The van der Waals surface area contributed by atoms with E-state index in [1.54, 1.807) is 6.92 Å². The fraction of sp³-hybridized carbons (Fsp3) is 0.455. The summed E-state index contributed by atoms with van der Waals surface area (Å²) in [7, 11) is -3.90. The molecule has 2 N–H and O–H groups in total. The van der Waals surface area contributed by atoms with Crippen LogP contribution in [0.2, 0.25) is 5.02 Å². The average Bonchev–Trinajstić information content (AvgIpc) is 2.28. The van der Waals surface area contributed by atoms with Gasteiger partial charge < -0.3 is 5.11 Å². The van der Waals surface area contributed by atoms with Gasteiger partial charge in [-0.15, -0.1) is 0 Å². The number of aliphatic hydroxyl groups is 1. The number of sulfonamides is 1. The lowest BCUT2D eigenvalue weighted by molar-refractivity contribution is 0.182. The van der Waals surface area contributed by atoms with Gasteiger partial charge >= 0.3 is 0 Å². The van der Waals surface area contributed by atoms with Gasteiger partial charge in [-0.3, -0.25) is 0 Å². The summed E-state index contributed by atoms with van der Waals surface area (Å²) in [6.07, 6.45) is 0.456. The molecule has 1 unspecified atom stereocenters. The zero-order valence-electron chi connectivity index (χ0n) is 9.86. The second-order valence-corrected chi connectivity index (χ2v) is 6.08. The lowest BCUT2D eigenvalue weighted by atomic mass is 10.2.